The van der Waals surface area contributed by atoms with Crippen molar-refractivity contribution in [2.75, 3.05) is 11.9 Å². The number of rotatable bonds is 3. The normalized spacial score (nSPS) is 23.2. The van der Waals surface area contributed by atoms with Gasteiger partial charge < -0.3 is 4.90 Å². The molecule has 1 fully saturated rings. The molecule has 0 N–H and O–H groups in total. The summed E-state index contributed by atoms with van der Waals surface area (Å²) in [7, 11) is 2.12. The Kier molecular flexibility index (Phi) is 4.67. The molecule has 2 rings (SSSR count). The monoisotopic (exact) mass is 323 g/mol. The van der Waals surface area contributed by atoms with Crippen LogP contribution < -0.4 is 4.90 Å². The average Bonchev–Trinajstić information content (AvgIpc) is 2.37. The molecule has 0 radical (unpaired) electrons. The summed E-state index contributed by atoms with van der Waals surface area (Å²) in [4.78, 5) is 14.1. The highest BCUT2D eigenvalue weighted by Crippen LogP contribution is 2.32. The minimum absolute atomic E-state index is 0.131. The van der Waals surface area contributed by atoms with Crippen LogP contribution in [0.2, 0.25) is 0 Å². The fraction of sp³-hybridized carbons (Fsp3) is 0.562. The smallest absolute Gasteiger partial charge is 0.161 e. The lowest BCUT2D eigenvalue weighted by Gasteiger charge is -2.36. The second-order valence-corrected chi connectivity index (χ2v) is 6.67. The van der Waals surface area contributed by atoms with Crippen LogP contribution in [0.25, 0.3) is 0 Å². The van der Waals surface area contributed by atoms with Crippen LogP contribution >= 0.6 is 15.9 Å². The second-order valence-electron chi connectivity index (χ2n) is 5.75. The Labute approximate surface area is 124 Å². The van der Waals surface area contributed by atoms with E-state index in [1.807, 2.05) is 12.1 Å². The summed E-state index contributed by atoms with van der Waals surface area (Å²) in [6.07, 6.45) is 5.09. The van der Waals surface area contributed by atoms with Crippen molar-refractivity contribution in [2.24, 2.45) is 5.92 Å². The minimum Gasteiger partial charge on any atom is -0.371 e. The van der Waals surface area contributed by atoms with Gasteiger partial charge in [0.2, 0.25) is 0 Å². The first-order chi connectivity index (χ1) is 8.99. The van der Waals surface area contributed by atoms with Crippen LogP contribution in [0.1, 0.15) is 49.9 Å². The molecule has 0 heterocycles. The van der Waals surface area contributed by atoms with Crippen molar-refractivity contribution in [1.82, 2.24) is 0 Å². The Morgan fingerprint density at radius 2 is 2.11 bits per heavy atom. The highest BCUT2D eigenvalue weighted by atomic mass is 79.9. The molecular formula is C16H22BrNO. The minimum atomic E-state index is 0.131. The van der Waals surface area contributed by atoms with Crippen molar-refractivity contribution in [3.63, 3.8) is 0 Å². The highest BCUT2D eigenvalue weighted by Gasteiger charge is 2.24. The molecule has 2 atom stereocenters. The lowest BCUT2D eigenvalue weighted by molar-refractivity contribution is 0.101. The third-order valence-electron chi connectivity index (χ3n) is 4.17. The standard InChI is InChI=1S/C16H22BrNO/c1-11-5-4-6-14(9-11)18(3)16-8-7-13(17)10-15(16)12(2)19/h7-8,10-11,14H,4-6,9H2,1-3H3. The van der Waals surface area contributed by atoms with Crippen LogP contribution in [-0.2, 0) is 0 Å². The number of nitrogens with zero attached hydrogens (tertiary/aromatic N) is 1. The molecule has 1 aliphatic carbocycles. The quantitative estimate of drug-likeness (QED) is 0.753. The van der Waals surface area contributed by atoms with Gasteiger partial charge >= 0.3 is 0 Å². The molecule has 3 heteroatoms. The Bertz CT molecular complexity index is 472. The van der Waals surface area contributed by atoms with Gasteiger partial charge in [-0.05, 0) is 43.9 Å². The summed E-state index contributed by atoms with van der Waals surface area (Å²) in [5, 5.41) is 0. The lowest BCUT2D eigenvalue weighted by atomic mass is 9.86. The predicted octanol–water partition coefficient (Wildman–Crippen LogP) is 4.67. The van der Waals surface area contributed by atoms with Gasteiger partial charge in [0.15, 0.2) is 5.78 Å². The van der Waals surface area contributed by atoms with Crippen LogP contribution in [0.3, 0.4) is 0 Å². The number of carbonyl (C=O) groups is 1. The number of hydrogen-bond acceptors (Lipinski definition) is 2. The summed E-state index contributed by atoms with van der Waals surface area (Å²) < 4.78 is 0.965. The fourth-order valence-electron chi connectivity index (χ4n) is 3.05. The average molecular weight is 324 g/mol. The Balaban J connectivity index is 2.27. The topological polar surface area (TPSA) is 20.3 Å². The van der Waals surface area contributed by atoms with E-state index in [4.69, 9.17) is 0 Å². The largest absolute Gasteiger partial charge is 0.371 e. The van der Waals surface area contributed by atoms with Crippen molar-refractivity contribution in [1.29, 1.82) is 0 Å². The van der Waals surface area contributed by atoms with Crippen molar-refractivity contribution in [3.05, 3.63) is 28.2 Å². The number of anilines is 1. The molecule has 1 aromatic rings. The number of benzene rings is 1. The molecule has 19 heavy (non-hydrogen) atoms. The van der Waals surface area contributed by atoms with E-state index in [1.165, 1.54) is 25.7 Å². The summed E-state index contributed by atoms with van der Waals surface area (Å²) in [5.41, 5.74) is 1.88. The maximum atomic E-state index is 11.8. The summed E-state index contributed by atoms with van der Waals surface area (Å²) >= 11 is 3.45. The molecular weight excluding hydrogens is 302 g/mol. The first kappa shape index (κ1) is 14.6. The molecule has 1 aliphatic rings. The van der Waals surface area contributed by atoms with Gasteiger partial charge in [-0.2, -0.15) is 0 Å². The molecule has 0 bridgehead atoms. The van der Waals surface area contributed by atoms with Crippen LogP contribution in [0.15, 0.2) is 22.7 Å². The van der Waals surface area contributed by atoms with Crippen LogP contribution in [0, 0.1) is 5.92 Å². The second kappa shape index (κ2) is 6.08. The van der Waals surface area contributed by atoms with Crippen LogP contribution in [-0.4, -0.2) is 18.9 Å². The molecule has 0 aromatic heterocycles. The maximum Gasteiger partial charge on any atom is 0.161 e. The van der Waals surface area contributed by atoms with Gasteiger partial charge in [0.25, 0.3) is 0 Å². The summed E-state index contributed by atoms with van der Waals surface area (Å²) in [6, 6.07) is 6.56. The van der Waals surface area contributed by atoms with E-state index in [2.05, 4.69) is 40.9 Å². The van der Waals surface area contributed by atoms with E-state index < -0.39 is 0 Å². The molecule has 2 nitrogen and oxygen atoms in total. The van der Waals surface area contributed by atoms with Crippen molar-refractivity contribution < 1.29 is 4.79 Å². The number of halogens is 1. The summed E-state index contributed by atoms with van der Waals surface area (Å²) in [5.74, 6) is 0.921. The van der Waals surface area contributed by atoms with Gasteiger partial charge in [-0.25, -0.2) is 0 Å². The van der Waals surface area contributed by atoms with Gasteiger partial charge in [0.1, 0.15) is 0 Å². The van der Waals surface area contributed by atoms with E-state index >= 15 is 0 Å². The van der Waals surface area contributed by atoms with E-state index in [0.29, 0.717) is 6.04 Å². The molecule has 2 unspecified atom stereocenters. The third-order valence-corrected chi connectivity index (χ3v) is 4.67. The first-order valence-electron chi connectivity index (χ1n) is 7.02. The molecule has 1 aromatic carbocycles. The van der Waals surface area contributed by atoms with Gasteiger partial charge in [-0.1, -0.05) is 35.7 Å². The van der Waals surface area contributed by atoms with Gasteiger partial charge in [-0.15, -0.1) is 0 Å². The Morgan fingerprint density at radius 1 is 1.37 bits per heavy atom. The molecule has 0 aliphatic heterocycles. The number of hydrogen-bond donors (Lipinski definition) is 0. The fourth-order valence-corrected chi connectivity index (χ4v) is 3.41. The van der Waals surface area contributed by atoms with E-state index in [0.717, 1.165) is 21.6 Å². The zero-order valence-corrected chi connectivity index (χ0v) is 13.5. The molecule has 0 spiro atoms. The van der Waals surface area contributed by atoms with Crippen LogP contribution in [0.5, 0.6) is 0 Å². The SMILES string of the molecule is CC(=O)c1cc(Br)ccc1N(C)C1CCCC(C)C1. The van der Waals surface area contributed by atoms with E-state index in [-0.39, 0.29) is 5.78 Å². The van der Waals surface area contributed by atoms with E-state index in [1.54, 1.807) is 6.92 Å². The van der Waals surface area contributed by atoms with Crippen LogP contribution in [0.4, 0.5) is 5.69 Å². The zero-order chi connectivity index (χ0) is 14.0. The third kappa shape index (κ3) is 3.38. The predicted molar refractivity (Wildman–Crippen MR) is 84.0 cm³/mol. The number of ketones is 1. The van der Waals surface area contributed by atoms with Gasteiger partial charge in [0.05, 0.1) is 0 Å². The van der Waals surface area contributed by atoms with Gasteiger partial charge in [0, 0.05) is 28.8 Å². The molecule has 104 valence electrons. The zero-order valence-electron chi connectivity index (χ0n) is 11.9. The highest BCUT2D eigenvalue weighted by molar-refractivity contribution is 9.10. The Morgan fingerprint density at radius 3 is 2.74 bits per heavy atom. The Hall–Kier alpha value is -0.830. The van der Waals surface area contributed by atoms with Crippen molar-refractivity contribution in [3.8, 4) is 0 Å². The number of carbonyl (C=O) groups excluding carboxylic acids is 1. The first-order valence-corrected chi connectivity index (χ1v) is 7.81. The van der Waals surface area contributed by atoms with Gasteiger partial charge in [-0.3, -0.25) is 4.79 Å². The van der Waals surface area contributed by atoms with Crippen molar-refractivity contribution >= 4 is 27.4 Å². The van der Waals surface area contributed by atoms with E-state index in [9.17, 15) is 4.79 Å². The molecule has 1 saturated carbocycles. The van der Waals surface area contributed by atoms with Crippen molar-refractivity contribution in [2.45, 2.75) is 45.6 Å². The number of Topliss-reactive ketones (excluding diaryl/α,β-unsaturated/α-hetero) is 1. The molecule has 0 saturated heterocycles. The molecule has 0 amide bonds. The lowest BCUT2D eigenvalue weighted by Crippen LogP contribution is -2.36. The maximum absolute atomic E-state index is 11.8. The summed E-state index contributed by atoms with van der Waals surface area (Å²) in [6.45, 7) is 3.97.